The van der Waals surface area contributed by atoms with E-state index < -0.39 is 35.8 Å². The van der Waals surface area contributed by atoms with E-state index in [0.717, 1.165) is 5.56 Å². The molecule has 4 amide bonds. The van der Waals surface area contributed by atoms with Crippen LogP contribution in [0.4, 0.5) is 10.5 Å². The maximum Gasteiger partial charge on any atom is 0.408 e. The molecule has 3 rings (SSSR count). The number of anilines is 1. The molecular weight excluding hydrogens is 430 g/mol. The van der Waals surface area contributed by atoms with Gasteiger partial charge in [0.2, 0.25) is 17.7 Å². The Morgan fingerprint density at radius 2 is 1.61 bits per heavy atom. The molecule has 0 aromatic heterocycles. The molecule has 1 fully saturated rings. The number of nitrogens with two attached hydrogens (primary N) is 1. The highest BCUT2D eigenvalue weighted by molar-refractivity contribution is 6.15. The second-order valence-corrected chi connectivity index (χ2v) is 7.30. The predicted octanol–water partition coefficient (Wildman–Crippen LogP) is 1.92. The number of hydrogen-bond acceptors (Lipinski definition) is 8. The Bertz CT molecular complexity index is 1020. The summed E-state index contributed by atoms with van der Waals surface area (Å²) >= 11 is 0. The van der Waals surface area contributed by atoms with Gasteiger partial charge in [-0.3, -0.25) is 14.4 Å². The number of ether oxygens (including phenoxy) is 2. The Morgan fingerprint density at radius 1 is 0.970 bits per heavy atom. The average Bonchev–Trinajstić information content (AvgIpc) is 3.15. The number of imide groups is 3. The number of nitrogen functional groups attached to an aromatic ring is 1. The lowest BCUT2D eigenvalue weighted by Gasteiger charge is -2.18. The Labute approximate surface area is 189 Å². The highest BCUT2D eigenvalue weighted by atomic mass is 16.6. The molecule has 1 heterocycles. The lowest BCUT2D eigenvalue weighted by molar-refractivity contribution is -0.149. The molecule has 172 valence electrons. The number of esters is 1. The second kappa shape index (κ2) is 10.9. The van der Waals surface area contributed by atoms with Gasteiger partial charge in [0.15, 0.2) is 0 Å². The van der Waals surface area contributed by atoms with Crippen molar-refractivity contribution in [1.29, 1.82) is 0 Å². The predicted molar refractivity (Wildman–Crippen MR) is 115 cm³/mol. The van der Waals surface area contributed by atoms with Gasteiger partial charge in [-0.1, -0.05) is 30.3 Å². The standard InChI is InChI=1S/C23H23N3O7/c24-16-6-8-17(9-7-16)33-22(30)18(10-11-19(27)26-20(28)12-13-21(26)29)25-23(31)32-14-15-4-2-1-3-5-15/h1-9,18H,10-14,24H2,(H,25,31)/t18-/m0/s1. The first-order valence-electron chi connectivity index (χ1n) is 10.3. The van der Waals surface area contributed by atoms with Crippen molar-refractivity contribution in [2.75, 3.05) is 5.73 Å². The summed E-state index contributed by atoms with van der Waals surface area (Å²) < 4.78 is 10.4. The molecule has 0 unspecified atom stereocenters. The summed E-state index contributed by atoms with van der Waals surface area (Å²) in [4.78, 5) is 61.4. The number of alkyl carbamates (subject to hydrolysis) is 1. The van der Waals surface area contributed by atoms with E-state index in [-0.39, 0.29) is 38.0 Å². The van der Waals surface area contributed by atoms with Crippen molar-refractivity contribution in [3.63, 3.8) is 0 Å². The van der Waals surface area contributed by atoms with Crippen LogP contribution in [0.2, 0.25) is 0 Å². The summed E-state index contributed by atoms with van der Waals surface area (Å²) in [6, 6.07) is 13.7. The van der Waals surface area contributed by atoms with Crippen LogP contribution < -0.4 is 15.8 Å². The minimum atomic E-state index is -1.26. The molecule has 10 heteroatoms. The molecule has 3 N–H and O–H groups in total. The van der Waals surface area contributed by atoms with E-state index in [4.69, 9.17) is 15.2 Å². The van der Waals surface area contributed by atoms with Crippen molar-refractivity contribution in [3.05, 3.63) is 60.2 Å². The highest BCUT2D eigenvalue weighted by Crippen LogP contribution is 2.17. The summed E-state index contributed by atoms with van der Waals surface area (Å²) in [6.07, 6.45) is -1.49. The number of carbonyl (C=O) groups excluding carboxylic acids is 5. The lowest BCUT2D eigenvalue weighted by Crippen LogP contribution is -2.44. The molecule has 0 radical (unpaired) electrons. The first kappa shape index (κ1) is 23.5. The monoisotopic (exact) mass is 453 g/mol. The van der Waals surface area contributed by atoms with E-state index in [2.05, 4.69) is 5.32 Å². The molecule has 0 saturated carbocycles. The van der Waals surface area contributed by atoms with Crippen LogP contribution in [-0.2, 0) is 30.5 Å². The maximum absolute atomic E-state index is 12.7. The molecule has 1 saturated heterocycles. The maximum atomic E-state index is 12.7. The lowest BCUT2D eigenvalue weighted by atomic mass is 10.1. The zero-order chi connectivity index (χ0) is 23.8. The van der Waals surface area contributed by atoms with E-state index >= 15 is 0 Å². The van der Waals surface area contributed by atoms with Crippen LogP contribution in [0.1, 0.15) is 31.2 Å². The number of nitrogens with zero attached hydrogens (tertiary/aromatic N) is 1. The van der Waals surface area contributed by atoms with Gasteiger partial charge in [-0.05, 0) is 36.2 Å². The van der Waals surface area contributed by atoms with E-state index in [1.54, 1.807) is 24.3 Å². The van der Waals surface area contributed by atoms with Crippen molar-refractivity contribution in [2.45, 2.75) is 38.3 Å². The summed E-state index contributed by atoms with van der Waals surface area (Å²) in [5.74, 6) is -2.56. The van der Waals surface area contributed by atoms with Gasteiger partial charge in [-0.15, -0.1) is 0 Å². The van der Waals surface area contributed by atoms with Crippen LogP contribution in [0.25, 0.3) is 0 Å². The van der Waals surface area contributed by atoms with Gasteiger partial charge in [-0.2, -0.15) is 0 Å². The van der Waals surface area contributed by atoms with Gasteiger partial charge in [0, 0.05) is 24.9 Å². The smallest absolute Gasteiger partial charge is 0.408 e. The largest absolute Gasteiger partial charge is 0.445 e. The summed E-state index contributed by atoms with van der Waals surface area (Å²) in [5.41, 5.74) is 6.83. The molecule has 10 nitrogen and oxygen atoms in total. The van der Waals surface area contributed by atoms with Crippen LogP contribution in [-0.4, -0.2) is 40.7 Å². The molecule has 0 spiro atoms. The fraction of sp³-hybridized carbons (Fsp3) is 0.261. The third-order valence-electron chi connectivity index (χ3n) is 4.84. The Hall–Kier alpha value is -4.21. The molecule has 2 aromatic rings. The summed E-state index contributed by atoms with van der Waals surface area (Å²) in [5, 5.41) is 2.39. The molecule has 2 aromatic carbocycles. The van der Waals surface area contributed by atoms with Gasteiger partial charge in [0.25, 0.3) is 0 Å². The zero-order valence-electron chi connectivity index (χ0n) is 17.7. The van der Waals surface area contributed by atoms with E-state index in [1.165, 1.54) is 24.3 Å². The molecule has 1 aliphatic heterocycles. The summed E-state index contributed by atoms with van der Waals surface area (Å²) in [7, 11) is 0. The number of benzene rings is 2. The fourth-order valence-electron chi connectivity index (χ4n) is 3.11. The number of likely N-dealkylation sites (tertiary alicyclic amines) is 1. The van der Waals surface area contributed by atoms with Crippen LogP contribution in [0.15, 0.2) is 54.6 Å². The van der Waals surface area contributed by atoms with Crippen LogP contribution in [0.3, 0.4) is 0 Å². The van der Waals surface area contributed by atoms with Crippen molar-refractivity contribution >= 4 is 35.5 Å². The van der Waals surface area contributed by atoms with E-state index in [1.807, 2.05) is 6.07 Å². The van der Waals surface area contributed by atoms with E-state index in [9.17, 15) is 24.0 Å². The molecule has 0 bridgehead atoms. The summed E-state index contributed by atoms with van der Waals surface area (Å²) in [6.45, 7) is -0.0257. The third-order valence-corrected chi connectivity index (χ3v) is 4.84. The molecule has 1 aliphatic rings. The quantitative estimate of drug-likeness (QED) is 0.267. The van der Waals surface area contributed by atoms with Gasteiger partial charge in [0.05, 0.1) is 0 Å². The van der Waals surface area contributed by atoms with Crippen molar-refractivity contribution < 1.29 is 33.4 Å². The first-order chi connectivity index (χ1) is 15.8. The number of amides is 4. The number of carbonyl (C=O) groups is 5. The average molecular weight is 453 g/mol. The topological polar surface area (TPSA) is 145 Å². The highest BCUT2D eigenvalue weighted by Gasteiger charge is 2.35. The van der Waals surface area contributed by atoms with E-state index in [0.29, 0.717) is 10.6 Å². The van der Waals surface area contributed by atoms with Gasteiger partial charge < -0.3 is 20.5 Å². The zero-order valence-corrected chi connectivity index (χ0v) is 17.7. The minimum Gasteiger partial charge on any atom is -0.445 e. The Kier molecular flexibility index (Phi) is 7.74. The SMILES string of the molecule is Nc1ccc(OC(=O)[C@H](CCC(=O)N2C(=O)CCC2=O)NC(=O)OCc2ccccc2)cc1. The number of rotatable bonds is 8. The first-order valence-corrected chi connectivity index (χ1v) is 10.3. The molecule has 33 heavy (non-hydrogen) atoms. The Morgan fingerprint density at radius 3 is 2.24 bits per heavy atom. The normalized spacial score (nSPS) is 14.0. The van der Waals surface area contributed by atoms with Crippen molar-refractivity contribution in [2.24, 2.45) is 0 Å². The second-order valence-electron chi connectivity index (χ2n) is 7.30. The number of hydrogen-bond donors (Lipinski definition) is 2. The third kappa shape index (κ3) is 6.63. The van der Waals surface area contributed by atoms with Crippen LogP contribution >= 0.6 is 0 Å². The van der Waals surface area contributed by atoms with Crippen LogP contribution in [0, 0.1) is 0 Å². The van der Waals surface area contributed by atoms with Gasteiger partial charge >= 0.3 is 12.1 Å². The van der Waals surface area contributed by atoms with Crippen molar-refractivity contribution in [3.8, 4) is 5.75 Å². The molecule has 1 atom stereocenters. The van der Waals surface area contributed by atoms with Crippen molar-refractivity contribution in [1.82, 2.24) is 10.2 Å². The Balaban J connectivity index is 1.63. The molecular formula is C23H23N3O7. The van der Waals surface area contributed by atoms with Gasteiger partial charge in [0.1, 0.15) is 18.4 Å². The minimum absolute atomic E-state index is 0.0257. The number of nitrogens with one attached hydrogen (secondary N) is 1. The van der Waals surface area contributed by atoms with Gasteiger partial charge in [-0.25, -0.2) is 14.5 Å². The van der Waals surface area contributed by atoms with Crippen LogP contribution in [0.5, 0.6) is 5.75 Å². The fourth-order valence-corrected chi connectivity index (χ4v) is 3.11. The molecule has 0 aliphatic carbocycles.